The Morgan fingerprint density at radius 3 is 2.33 bits per heavy atom. The largest absolute Gasteiger partial charge is 0.497 e. The Hall–Kier alpha value is -2.10. The molecule has 0 amide bonds. The van der Waals surface area contributed by atoms with Gasteiger partial charge in [-0.1, -0.05) is 5.57 Å². The van der Waals surface area contributed by atoms with Crippen LogP contribution in [0.1, 0.15) is 31.1 Å². The molecule has 0 aliphatic rings. The zero-order valence-electron chi connectivity index (χ0n) is 10.9. The van der Waals surface area contributed by atoms with Crippen molar-refractivity contribution >= 4 is 11.8 Å². The lowest BCUT2D eigenvalue weighted by molar-refractivity contribution is -0.129. The van der Waals surface area contributed by atoms with E-state index in [1.807, 2.05) is 0 Å². The summed E-state index contributed by atoms with van der Waals surface area (Å²) in [6.07, 6.45) is 1.36. The van der Waals surface area contributed by atoms with Crippen LogP contribution in [0, 0.1) is 0 Å². The van der Waals surface area contributed by atoms with Gasteiger partial charge in [-0.2, -0.15) is 0 Å². The maximum Gasteiger partial charge on any atom is 0.336 e. The second-order valence-electron chi connectivity index (χ2n) is 4.06. The lowest BCUT2D eigenvalue weighted by Gasteiger charge is -2.08. The predicted octanol–water partition coefficient (Wildman–Crippen LogP) is 2.77. The molecule has 0 fully saturated rings. The van der Waals surface area contributed by atoms with E-state index in [1.165, 1.54) is 26.2 Å². The second-order valence-corrected chi connectivity index (χ2v) is 4.06. The standard InChI is InChI=1S/C14H16O4/c1-9(2)7-14(16)18-13-8-11(17-4)5-6-12(13)10(3)15/h5-8H,1-4H3. The van der Waals surface area contributed by atoms with Crippen LogP contribution < -0.4 is 9.47 Å². The fourth-order valence-electron chi connectivity index (χ4n) is 1.38. The molecule has 0 bridgehead atoms. The number of methoxy groups -OCH3 is 1. The fourth-order valence-corrected chi connectivity index (χ4v) is 1.38. The molecule has 4 heteroatoms. The molecule has 0 aromatic heterocycles. The molecule has 0 N–H and O–H groups in total. The molecular formula is C14H16O4. The number of ketones is 1. The van der Waals surface area contributed by atoms with Crippen LogP contribution in [0.5, 0.6) is 11.5 Å². The van der Waals surface area contributed by atoms with Crippen LogP contribution in [0.2, 0.25) is 0 Å². The normalized spacial score (nSPS) is 9.56. The molecule has 0 aliphatic carbocycles. The first-order valence-electron chi connectivity index (χ1n) is 5.49. The van der Waals surface area contributed by atoms with E-state index in [2.05, 4.69) is 0 Å². The van der Waals surface area contributed by atoms with Crippen molar-refractivity contribution < 1.29 is 19.1 Å². The van der Waals surface area contributed by atoms with Gasteiger partial charge in [0.2, 0.25) is 0 Å². The number of carbonyl (C=O) groups is 2. The molecule has 0 saturated heterocycles. The second kappa shape index (κ2) is 6.00. The van der Waals surface area contributed by atoms with E-state index >= 15 is 0 Å². The van der Waals surface area contributed by atoms with Gasteiger partial charge in [0.25, 0.3) is 0 Å². The summed E-state index contributed by atoms with van der Waals surface area (Å²) in [6.45, 7) is 5.00. The summed E-state index contributed by atoms with van der Waals surface area (Å²) in [6, 6.07) is 4.74. The molecule has 0 unspecified atom stereocenters. The van der Waals surface area contributed by atoms with Crippen molar-refractivity contribution in [2.75, 3.05) is 7.11 Å². The summed E-state index contributed by atoms with van der Waals surface area (Å²) < 4.78 is 10.2. The van der Waals surface area contributed by atoms with Crippen molar-refractivity contribution in [1.29, 1.82) is 0 Å². The number of hydrogen-bond donors (Lipinski definition) is 0. The van der Waals surface area contributed by atoms with Crippen molar-refractivity contribution in [3.63, 3.8) is 0 Å². The number of ether oxygens (including phenoxy) is 2. The molecule has 0 heterocycles. The van der Waals surface area contributed by atoms with Crippen LogP contribution in [0.3, 0.4) is 0 Å². The third-order valence-corrected chi connectivity index (χ3v) is 2.19. The van der Waals surface area contributed by atoms with Gasteiger partial charge in [0.15, 0.2) is 5.78 Å². The smallest absolute Gasteiger partial charge is 0.336 e. The Bertz CT molecular complexity index is 497. The highest BCUT2D eigenvalue weighted by molar-refractivity contribution is 5.98. The molecule has 18 heavy (non-hydrogen) atoms. The molecule has 0 saturated carbocycles. The van der Waals surface area contributed by atoms with Crippen LogP contribution >= 0.6 is 0 Å². The Morgan fingerprint density at radius 2 is 1.83 bits per heavy atom. The number of esters is 1. The lowest BCUT2D eigenvalue weighted by atomic mass is 10.1. The minimum absolute atomic E-state index is 0.169. The lowest BCUT2D eigenvalue weighted by Crippen LogP contribution is -2.08. The van der Waals surface area contributed by atoms with E-state index in [0.29, 0.717) is 11.3 Å². The van der Waals surface area contributed by atoms with Gasteiger partial charge in [-0.3, -0.25) is 4.79 Å². The predicted molar refractivity (Wildman–Crippen MR) is 68.1 cm³/mol. The molecule has 1 aromatic rings. The number of hydrogen-bond acceptors (Lipinski definition) is 4. The SMILES string of the molecule is COc1ccc(C(C)=O)c(OC(=O)C=C(C)C)c1. The number of allylic oxidation sites excluding steroid dienone is 1. The number of Topliss-reactive ketones (excluding diaryl/α,β-unsaturated/α-hetero) is 1. The van der Waals surface area contributed by atoms with Crippen molar-refractivity contribution in [3.05, 3.63) is 35.4 Å². The number of rotatable bonds is 4. The zero-order valence-corrected chi connectivity index (χ0v) is 10.9. The molecule has 0 atom stereocenters. The van der Waals surface area contributed by atoms with Crippen LogP contribution in [-0.4, -0.2) is 18.9 Å². The van der Waals surface area contributed by atoms with Crippen LogP contribution in [0.4, 0.5) is 0 Å². The average Bonchev–Trinajstić information content (AvgIpc) is 2.27. The Labute approximate surface area is 106 Å². The van der Waals surface area contributed by atoms with E-state index < -0.39 is 5.97 Å². The summed E-state index contributed by atoms with van der Waals surface area (Å²) >= 11 is 0. The summed E-state index contributed by atoms with van der Waals surface area (Å²) in [4.78, 5) is 23.0. The summed E-state index contributed by atoms with van der Waals surface area (Å²) in [5.74, 6) is 0.0627. The summed E-state index contributed by atoms with van der Waals surface area (Å²) in [5, 5.41) is 0. The van der Waals surface area contributed by atoms with Crippen molar-refractivity contribution in [2.45, 2.75) is 20.8 Å². The molecule has 4 nitrogen and oxygen atoms in total. The van der Waals surface area contributed by atoms with Gasteiger partial charge in [0.1, 0.15) is 11.5 Å². The average molecular weight is 248 g/mol. The quantitative estimate of drug-likeness (QED) is 0.356. The number of benzene rings is 1. The van der Waals surface area contributed by atoms with E-state index in [0.717, 1.165) is 5.57 Å². The maximum absolute atomic E-state index is 11.5. The van der Waals surface area contributed by atoms with Crippen molar-refractivity contribution in [2.24, 2.45) is 0 Å². The highest BCUT2D eigenvalue weighted by atomic mass is 16.5. The van der Waals surface area contributed by atoms with Crippen molar-refractivity contribution in [3.8, 4) is 11.5 Å². The van der Waals surface area contributed by atoms with Crippen LogP contribution in [-0.2, 0) is 4.79 Å². The van der Waals surface area contributed by atoms with Gasteiger partial charge in [0.05, 0.1) is 12.7 Å². The number of carbonyl (C=O) groups excluding carboxylic acids is 2. The maximum atomic E-state index is 11.5. The Morgan fingerprint density at radius 1 is 1.17 bits per heavy atom. The van der Waals surface area contributed by atoms with Crippen LogP contribution in [0.15, 0.2) is 29.8 Å². The highest BCUT2D eigenvalue weighted by Crippen LogP contribution is 2.25. The van der Waals surface area contributed by atoms with Gasteiger partial charge >= 0.3 is 5.97 Å². The minimum Gasteiger partial charge on any atom is -0.497 e. The Balaban J connectivity index is 3.08. The van der Waals surface area contributed by atoms with E-state index in [1.54, 1.807) is 26.0 Å². The van der Waals surface area contributed by atoms with E-state index in [-0.39, 0.29) is 11.5 Å². The molecule has 0 aliphatic heterocycles. The first kappa shape index (κ1) is 14.0. The van der Waals surface area contributed by atoms with E-state index in [4.69, 9.17) is 9.47 Å². The first-order chi connectivity index (χ1) is 8.43. The van der Waals surface area contributed by atoms with Crippen LogP contribution in [0.25, 0.3) is 0 Å². The monoisotopic (exact) mass is 248 g/mol. The van der Waals surface area contributed by atoms with Gasteiger partial charge in [-0.05, 0) is 32.9 Å². The zero-order chi connectivity index (χ0) is 13.7. The fraction of sp³-hybridized carbons (Fsp3) is 0.286. The van der Waals surface area contributed by atoms with E-state index in [9.17, 15) is 9.59 Å². The molecular weight excluding hydrogens is 232 g/mol. The van der Waals surface area contributed by atoms with Gasteiger partial charge in [0, 0.05) is 12.1 Å². The third-order valence-electron chi connectivity index (χ3n) is 2.19. The van der Waals surface area contributed by atoms with Gasteiger partial charge in [-0.25, -0.2) is 4.79 Å². The van der Waals surface area contributed by atoms with Gasteiger partial charge in [-0.15, -0.1) is 0 Å². The molecule has 1 rings (SSSR count). The van der Waals surface area contributed by atoms with Gasteiger partial charge < -0.3 is 9.47 Å². The van der Waals surface area contributed by atoms with Crippen molar-refractivity contribution in [1.82, 2.24) is 0 Å². The Kier molecular flexibility index (Phi) is 4.66. The summed E-state index contributed by atoms with van der Waals surface area (Å²) in [7, 11) is 1.50. The molecule has 96 valence electrons. The topological polar surface area (TPSA) is 52.6 Å². The molecule has 0 spiro atoms. The first-order valence-corrected chi connectivity index (χ1v) is 5.49. The summed E-state index contributed by atoms with van der Waals surface area (Å²) in [5.41, 5.74) is 1.18. The molecule has 1 aromatic carbocycles. The highest BCUT2D eigenvalue weighted by Gasteiger charge is 2.12. The molecule has 0 radical (unpaired) electrons. The third kappa shape index (κ3) is 3.73. The minimum atomic E-state index is -0.509.